The molecule has 0 aromatic heterocycles. The van der Waals surface area contributed by atoms with E-state index in [1.807, 2.05) is 49.1 Å². The predicted molar refractivity (Wildman–Crippen MR) is 83.2 cm³/mol. The molecule has 4 heteroatoms. The van der Waals surface area contributed by atoms with Gasteiger partial charge in [-0.1, -0.05) is 44.2 Å². The second-order valence-corrected chi connectivity index (χ2v) is 4.48. The molecule has 2 aromatic carbocycles. The summed E-state index contributed by atoms with van der Waals surface area (Å²) >= 11 is 0. The van der Waals surface area contributed by atoms with Crippen molar-refractivity contribution >= 4 is 5.69 Å². The van der Waals surface area contributed by atoms with Crippen LogP contribution in [0.25, 0.3) is 11.1 Å². The number of rotatable bonds is 2. The van der Waals surface area contributed by atoms with Crippen molar-refractivity contribution in [2.24, 2.45) is 0 Å². The second kappa shape index (κ2) is 6.48. The van der Waals surface area contributed by atoms with Gasteiger partial charge in [-0.15, -0.1) is 0 Å². The molecule has 1 aliphatic heterocycles. The summed E-state index contributed by atoms with van der Waals surface area (Å²) in [6.07, 6.45) is 0. The Hall–Kier alpha value is -1.94. The Morgan fingerprint density at radius 2 is 1.55 bits per heavy atom. The van der Waals surface area contributed by atoms with Crippen molar-refractivity contribution in [1.82, 2.24) is 5.32 Å². The van der Waals surface area contributed by atoms with Crippen LogP contribution < -0.4 is 21.1 Å². The van der Waals surface area contributed by atoms with E-state index in [9.17, 15) is 9.59 Å². The van der Waals surface area contributed by atoms with Gasteiger partial charge in [-0.25, -0.2) is 0 Å². The van der Waals surface area contributed by atoms with E-state index in [0.29, 0.717) is 11.3 Å². The average molecular weight is 272 g/mol. The van der Waals surface area contributed by atoms with Crippen molar-refractivity contribution in [1.29, 1.82) is 0 Å². The Morgan fingerprint density at radius 1 is 0.950 bits per heavy atom. The van der Waals surface area contributed by atoms with E-state index >= 15 is 0 Å². The lowest BCUT2D eigenvalue weighted by molar-refractivity contribution is 0.587. The summed E-state index contributed by atoms with van der Waals surface area (Å²) in [7, 11) is 0. The van der Waals surface area contributed by atoms with Gasteiger partial charge in [0.1, 0.15) is 5.69 Å². The first-order valence-electron chi connectivity index (χ1n) is 7.13. The van der Waals surface area contributed by atoms with E-state index in [1.165, 1.54) is 0 Å². The normalized spacial score (nSPS) is 14.8. The number of nitrogens with zero attached hydrogens (tertiary/aromatic N) is 1. The van der Waals surface area contributed by atoms with E-state index in [4.69, 9.17) is 0 Å². The molecule has 0 atom stereocenters. The fourth-order valence-electron chi connectivity index (χ4n) is 2.44. The fraction of sp³-hybridized carbons (Fsp3) is 0.375. The third-order valence-corrected chi connectivity index (χ3v) is 3.38. The molecule has 1 heterocycles. The lowest BCUT2D eigenvalue weighted by Crippen LogP contribution is -2.50. The molecule has 0 radical (unpaired) electrons. The fourth-order valence-corrected chi connectivity index (χ4v) is 2.44. The molecule has 0 aliphatic carbocycles. The molecule has 2 aromatic rings. The SMILES string of the molecule is CC.O=c1c(-c2ccccc2)c(N2CCNCC2)c1=O. The maximum Gasteiger partial charge on any atom is 0.250 e. The molecule has 1 N–H and O–H groups in total. The van der Waals surface area contributed by atoms with Crippen LogP contribution in [0.1, 0.15) is 13.8 Å². The Kier molecular flexibility index (Phi) is 4.69. The minimum Gasteiger partial charge on any atom is -0.365 e. The van der Waals surface area contributed by atoms with E-state index in [2.05, 4.69) is 5.32 Å². The second-order valence-electron chi connectivity index (χ2n) is 4.48. The maximum absolute atomic E-state index is 11.8. The lowest BCUT2D eigenvalue weighted by atomic mass is 9.97. The molecule has 0 amide bonds. The van der Waals surface area contributed by atoms with Crippen LogP contribution in [0, 0.1) is 0 Å². The first kappa shape index (κ1) is 14.5. The summed E-state index contributed by atoms with van der Waals surface area (Å²) in [6, 6.07) is 9.42. The van der Waals surface area contributed by atoms with Crippen LogP contribution in [-0.4, -0.2) is 26.2 Å². The van der Waals surface area contributed by atoms with Gasteiger partial charge in [0.15, 0.2) is 0 Å². The summed E-state index contributed by atoms with van der Waals surface area (Å²) in [5.74, 6) is 0. The Balaban J connectivity index is 0.000000704. The number of benzene rings is 1. The Morgan fingerprint density at radius 3 is 2.15 bits per heavy atom. The molecule has 20 heavy (non-hydrogen) atoms. The molecule has 106 valence electrons. The van der Waals surface area contributed by atoms with Crippen molar-refractivity contribution in [3.05, 3.63) is 50.8 Å². The number of piperazine rings is 1. The average Bonchev–Trinajstić information content (AvgIpc) is 2.55. The first-order chi connectivity index (χ1) is 9.79. The van der Waals surface area contributed by atoms with Gasteiger partial charge in [-0.2, -0.15) is 0 Å². The van der Waals surface area contributed by atoms with Gasteiger partial charge >= 0.3 is 0 Å². The molecule has 3 rings (SSSR count). The van der Waals surface area contributed by atoms with E-state index in [0.717, 1.165) is 31.7 Å². The van der Waals surface area contributed by atoms with Crippen molar-refractivity contribution < 1.29 is 0 Å². The van der Waals surface area contributed by atoms with E-state index in [-0.39, 0.29) is 10.9 Å². The summed E-state index contributed by atoms with van der Waals surface area (Å²) < 4.78 is 0. The highest BCUT2D eigenvalue weighted by Crippen LogP contribution is 2.26. The molecule has 0 unspecified atom stereocenters. The topological polar surface area (TPSA) is 49.4 Å². The van der Waals surface area contributed by atoms with Crippen LogP contribution in [0.5, 0.6) is 0 Å². The molecule has 0 saturated carbocycles. The van der Waals surface area contributed by atoms with Gasteiger partial charge in [0.25, 0.3) is 0 Å². The van der Waals surface area contributed by atoms with Gasteiger partial charge in [-0.05, 0) is 5.56 Å². The molecular weight excluding hydrogens is 252 g/mol. The van der Waals surface area contributed by atoms with Crippen molar-refractivity contribution in [2.45, 2.75) is 13.8 Å². The van der Waals surface area contributed by atoms with Gasteiger partial charge in [0, 0.05) is 26.2 Å². The van der Waals surface area contributed by atoms with Crippen molar-refractivity contribution in [3.63, 3.8) is 0 Å². The minimum absolute atomic E-state index is 0.337. The summed E-state index contributed by atoms with van der Waals surface area (Å²) in [6.45, 7) is 7.27. The maximum atomic E-state index is 11.8. The predicted octanol–water partition coefficient (Wildman–Crippen LogP) is 1.39. The summed E-state index contributed by atoms with van der Waals surface area (Å²) in [5.41, 5.74) is 1.34. The third kappa shape index (κ3) is 2.51. The largest absolute Gasteiger partial charge is 0.365 e. The van der Waals surface area contributed by atoms with E-state index < -0.39 is 0 Å². The van der Waals surface area contributed by atoms with Crippen molar-refractivity contribution in [3.8, 4) is 11.1 Å². The molecular formula is C16H20N2O2. The highest BCUT2D eigenvalue weighted by molar-refractivity contribution is 5.82. The molecule has 0 spiro atoms. The lowest BCUT2D eigenvalue weighted by Gasteiger charge is -2.31. The number of hydrogen-bond acceptors (Lipinski definition) is 4. The van der Waals surface area contributed by atoms with Gasteiger partial charge in [0.2, 0.25) is 10.9 Å². The number of hydrogen-bond donors (Lipinski definition) is 1. The highest BCUT2D eigenvalue weighted by atomic mass is 16.2. The molecule has 1 fully saturated rings. The standard InChI is InChI=1S/C14H14N2O2.C2H6/c17-13-11(10-4-2-1-3-5-10)12(14(13)18)16-8-6-15-7-9-16;1-2/h1-5,15H,6-9H2;1-2H3. The van der Waals surface area contributed by atoms with Crippen LogP contribution in [0.2, 0.25) is 0 Å². The zero-order valence-electron chi connectivity index (χ0n) is 12.0. The van der Waals surface area contributed by atoms with Crippen LogP contribution in [0.15, 0.2) is 39.9 Å². The monoisotopic (exact) mass is 272 g/mol. The third-order valence-electron chi connectivity index (χ3n) is 3.38. The number of anilines is 1. The summed E-state index contributed by atoms with van der Waals surface area (Å²) in [4.78, 5) is 25.6. The number of nitrogens with one attached hydrogen (secondary N) is 1. The first-order valence-corrected chi connectivity index (χ1v) is 7.13. The van der Waals surface area contributed by atoms with Crippen molar-refractivity contribution in [2.75, 3.05) is 31.1 Å². The van der Waals surface area contributed by atoms with Crippen LogP contribution in [0.3, 0.4) is 0 Å². The van der Waals surface area contributed by atoms with Gasteiger partial charge in [-0.3, -0.25) is 9.59 Å². The quantitative estimate of drug-likeness (QED) is 0.839. The van der Waals surface area contributed by atoms with Crippen LogP contribution in [-0.2, 0) is 0 Å². The highest BCUT2D eigenvalue weighted by Gasteiger charge is 2.27. The zero-order valence-corrected chi connectivity index (χ0v) is 12.0. The van der Waals surface area contributed by atoms with Crippen LogP contribution in [0.4, 0.5) is 5.69 Å². The van der Waals surface area contributed by atoms with E-state index in [1.54, 1.807) is 0 Å². The van der Waals surface area contributed by atoms with Gasteiger partial charge in [0.05, 0.1) is 5.56 Å². The molecule has 1 aliphatic rings. The van der Waals surface area contributed by atoms with Gasteiger partial charge < -0.3 is 10.2 Å². The summed E-state index contributed by atoms with van der Waals surface area (Å²) in [5, 5.41) is 3.24. The Bertz CT molecular complexity index is 621. The minimum atomic E-state index is -0.352. The molecule has 0 bridgehead atoms. The smallest absolute Gasteiger partial charge is 0.250 e. The zero-order chi connectivity index (χ0) is 14.5. The molecule has 1 saturated heterocycles. The Labute approximate surface area is 118 Å². The van der Waals surface area contributed by atoms with Crippen LogP contribution >= 0.6 is 0 Å². The molecule has 4 nitrogen and oxygen atoms in total.